The summed E-state index contributed by atoms with van der Waals surface area (Å²) in [5, 5.41) is 9.08. The number of hydrogen-bond acceptors (Lipinski definition) is 2. The molecule has 0 heterocycles. The molecule has 1 aromatic carbocycles. The van der Waals surface area contributed by atoms with Gasteiger partial charge >= 0.3 is 0 Å². The Kier molecular flexibility index (Phi) is 4.23. The summed E-state index contributed by atoms with van der Waals surface area (Å²) < 4.78 is 0. The minimum atomic E-state index is -0.476. The maximum atomic E-state index is 12.1. The molecule has 0 aliphatic carbocycles. The van der Waals surface area contributed by atoms with Crippen LogP contribution in [0, 0.1) is 16.7 Å². The second kappa shape index (κ2) is 5.45. The van der Waals surface area contributed by atoms with E-state index in [9.17, 15) is 4.79 Å². The second-order valence-corrected chi connectivity index (χ2v) is 4.65. The van der Waals surface area contributed by atoms with Gasteiger partial charge in [-0.25, -0.2) is 0 Å². The van der Waals surface area contributed by atoms with Crippen LogP contribution >= 0.6 is 0 Å². The van der Waals surface area contributed by atoms with Gasteiger partial charge in [0.25, 0.3) is 0 Å². The van der Waals surface area contributed by atoms with Gasteiger partial charge in [0.15, 0.2) is 5.78 Å². The van der Waals surface area contributed by atoms with Crippen LogP contribution in [0.25, 0.3) is 6.08 Å². The van der Waals surface area contributed by atoms with Crippen molar-refractivity contribution < 1.29 is 4.79 Å². The van der Waals surface area contributed by atoms with Crippen LogP contribution in [0.5, 0.6) is 0 Å². The SMILES string of the molecule is CCC(C)(C)C(=O)/C(C#N)=C/c1ccccc1. The molecule has 0 saturated heterocycles. The molecule has 0 fully saturated rings. The van der Waals surface area contributed by atoms with Crippen LogP contribution in [-0.4, -0.2) is 5.78 Å². The Labute approximate surface area is 103 Å². The van der Waals surface area contributed by atoms with Gasteiger partial charge in [0.05, 0.1) is 5.57 Å². The molecule has 0 aliphatic heterocycles. The van der Waals surface area contributed by atoms with E-state index < -0.39 is 5.41 Å². The lowest BCUT2D eigenvalue weighted by atomic mass is 9.81. The zero-order valence-corrected chi connectivity index (χ0v) is 10.5. The highest BCUT2D eigenvalue weighted by Gasteiger charge is 2.28. The van der Waals surface area contributed by atoms with Crippen molar-refractivity contribution in [1.82, 2.24) is 0 Å². The van der Waals surface area contributed by atoms with E-state index in [0.29, 0.717) is 0 Å². The number of benzene rings is 1. The molecule has 0 aliphatic rings. The average molecular weight is 227 g/mol. The first kappa shape index (κ1) is 13.2. The minimum Gasteiger partial charge on any atom is -0.293 e. The van der Waals surface area contributed by atoms with Crippen LogP contribution < -0.4 is 0 Å². The Morgan fingerprint density at radius 3 is 2.41 bits per heavy atom. The summed E-state index contributed by atoms with van der Waals surface area (Å²) in [6, 6.07) is 11.4. The molecule has 2 nitrogen and oxygen atoms in total. The normalized spacial score (nSPS) is 12.0. The quantitative estimate of drug-likeness (QED) is 0.582. The highest BCUT2D eigenvalue weighted by atomic mass is 16.1. The van der Waals surface area contributed by atoms with Gasteiger partial charge in [-0.15, -0.1) is 0 Å². The second-order valence-electron chi connectivity index (χ2n) is 4.65. The van der Waals surface area contributed by atoms with E-state index in [0.717, 1.165) is 12.0 Å². The maximum Gasteiger partial charge on any atom is 0.178 e. The predicted molar refractivity (Wildman–Crippen MR) is 69.1 cm³/mol. The van der Waals surface area contributed by atoms with E-state index in [4.69, 9.17) is 5.26 Å². The Bertz CT molecular complexity index is 463. The Morgan fingerprint density at radius 1 is 1.35 bits per heavy atom. The molecule has 17 heavy (non-hydrogen) atoms. The lowest BCUT2D eigenvalue weighted by molar-refractivity contribution is -0.122. The summed E-state index contributed by atoms with van der Waals surface area (Å²) in [6.07, 6.45) is 2.37. The van der Waals surface area contributed by atoms with Crippen molar-refractivity contribution in [2.24, 2.45) is 5.41 Å². The lowest BCUT2D eigenvalue weighted by Gasteiger charge is -2.19. The highest BCUT2D eigenvalue weighted by Crippen LogP contribution is 2.25. The topological polar surface area (TPSA) is 40.9 Å². The summed E-state index contributed by atoms with van der Waals surface area (Å²) in [7, 11) is 0. The number of carbonyl (C=O) groups is 1. The van der Waals surface area contributed by atoms with Gasteiger partial charge in [-0.2, -0.15) is 5.26 Å². The number of nitriles is 1. The summed E-state index contributed by atoms with van der Waals surface area (Å²) >= 11 is 0. The summed E-state index contributed by atoms with van der Waals surface area (Å²) in [5.41, 5.74) is 0.628. The van der Waals surface area contributed by atoms with Gasteiger partial charge in [-0.1, -0.05) is 51.1 Å². The number of allylic oxidation sites excluding steroid dienone is 1. The first-order chi connectivity index (χ1) is 8.01. The third kappa shape index (κ3) is 3.29. The molecule has 2 heteroatoms. The molecular weight excluding hydrogens is 210 g/mol. The molecule has 0 atom stereocenters. The fourth-order valence-corrected chi connectivity index (χ4v) is 1.39. The Hall–Kier alpha value is -1.88. The van der Waals surface area contributed by atoms with Crippen LogP contribution in [0.15, 0.2) is 35.9 Å². The van der Waals surface area contributed by atoms with E-state index in [2.05, 4.69) is 0 Å². The molecule has 0 unspecified atom stereocenters. The van der Waals surface area contributed by atoms with Crippen LogP contribution in [-0.2, 0) is 4.79 Å². The zero-order chi connectivity index (χ0) is 12.9. The predicted octanol–water partition coefficient (Wildman–Crippen LogP) is 3.60. The van der Waals surface area contributed by atoms with Gasteiger partial charge in [-0.3, -0.25) is 4.79 Å². The average Bonchev–Trinajstić information content (AvgIpc) is 2.36. The third-order valence-corrected chi connectivity index (χ3v) is 2.97. The monoisotopic (exact) mass is 227 g/mol. The van der Waals surface area contributed by atoms with Gasteiger partial charge in [0.2, 0.25) is 0 Å². The van der Waals surface area contributed by atoms with E-state index in [1.165, 1.54) is 0 Å². The molecule has 0 bridgehead atoms. The molecule has 0 radical (unpaired) electrons. The number of ketones is 1. The van der Waals surface area contributed by atoms with Crippen molar-refractivity contribution in [1.29, 1.82) is 5.26 Å². The lowest BCUT2D eigenvalue weighted by Crippen LogP contribution is -2.24. The largest absolute Gasteiger partial charge is 0.293 e. The van der Waals surface area contributed by atoms with Crippen LogP contribution in [0.2, 0.25) is 0 Å². The zero-order valence-electron chi connectivity index (χ0n) is 10.5. The van der Waals surface area contributed by atoms with Crippen LogP contribution in [0.3, 0.4) is 0 Å². The Morgan fingerprint density at radius 2 is 1.94 bits per heavy atom. The van der Waals surface area contributed by atoms with Gasteiger partial charge < -0.3 is 0 Å². The molecular formula is C15H17NO. The molecule has 0 spiro atoms. The minimum absolute atomic E-state index is 0.0913. The van der Waals surface area contributed by atoms with Crippen molar-refractivity contribution in [2.75, 3.05) is 0 Å². The van der Waals surface area contributed by atoms with Crippen molar-refractivity contribution in [3.8, 4) is 6.07 Å². The Balaban J connectivity index is 3.06. The van der Waals surface area contributed by atoms with Crippen molar-refractivity contribution in [2.45, 2.75) is 27.2 Å². The van der Waals surface area contributed by atoms with Crippen LogP contribution in [0.4, 0.5) is 0 Å². The number of nitrogens with zero attached hydrogens (tertiary/aromatic N) is 1. The smallest absolute Gasteiger partial charge is 0.178 e. The van der Waals surface area contributed by atoms with Gasteiger partial charge in [0, 0.05) is 5.41 Å². The number of Topliss-reactive ketones (excluding diaryl/α,β-unsaturated/α-hetero) is 1. The van der Waals surface area contributed by atoms with Crippen molar-refractivity contribution in [3.63, 3.8) is 0 Å². The molecule has 1 aromatic rings. The summed E-state index contributed by atoms with van der Waals surface area (Å²) in [5.74, 6) is -0.0913. The fraction of sp³-hybridized carbons (Fsp3) is 0.333. The van der Waals surface area contributed by atoms with E-state index in [1.54, 1.807) is 6.08 Å². The molecule has 0 N–H and O–H groups in total. The van der Waals surface area contributed by atoms with Crippen molar-refractivity contribution in [3.05, 3.63) is 41.5 Å². The maximum absolute atomic E-state index is 12.1. The van der Waals surface area contributed by atoms with E-state index in [1.807, 2.05) is 57.2 Å². The van der Waals surface area contributed by atoms with Gasteiger partial charge in [0.1, 0.15) is 6.07 Å². The summed E-state index contributed by atoms with van der Waals surface area (Å²) in [6.45, 7) is 5.69. The number of carbonyl (C=O) groups excluding carboxylic acids is 1. The molecule has 1 rings (SSSR count). The standard InChI is InChI=1S/C15H17NO/c1-4-15(2,3)14(17)13(11-16)10-12-8-6-5-7-9-12/h5-10H,4H2,1-3H3/b13-10+. The van der Waals surface area contributed by atoms with Crippen molar-refractivity contribution >= 4 is 11.9 Å². The van der Waals surface area contributed by atoms with Gasteiger partial charge in [-0.05, 0) is 18.1 Å². The number of rotatable bonds is 4. The number of hydrogen-bond donors (Lipinski definition) is 0. The van der Waals surface area contributed by atoms with E-state index in [-0.39, 0.29) is 11.4 Å². The summed E-state index contributed by atoms with van der Waals surface area (Å²) in [4.78, 5) is 12.1. The fourth-order valence-electron chi connectivity index (χ4n) is 1.39. The third-order valence-electron chi connectivity index (χ3n) is 2.97. The molecule has 0 saturated carbocycles. The highest BCUT2D eigenvalue weighted by molar-refractivity contribution is 6.06. The molecule has 0 aromatic heterocycles. The van der Waals surface area contributed by atoms with Crippen LogP contribution in [0.1, 0.15) is 32.8 Å². The first-order valence-electron chi connectivity index (χ1n) is 5.73. The molecule has 88 valence electrons. The van der Waals surface area contributed by atoms with E-state index >= 15 is 0 Å². The molecule has 0 amide bonds. The first-order valence-corrected chi connectivity index (χ1v) is 5.73.